The third-order valence-corrected chi connectivity index (χ3v) is 4.38. The summed E-state index contributed by atoms with van der Waals surface area (Å²) in [6.45, 7) is 1.95. The van der Waals surface area contributed by atoms with Crippen molar-refractivity contribution in [2.45, 2.75) is 19.1 Å². The van der Waals surface area contributed by atoms with E-state index < -0.39 is 6.10 Å². The molecule has 3 rings (SSSR count). The summed E-state index contributed by atoms with van der Waals surface area (Å²) in [7, 11) is 1.81. The number of nitrogens with zero attached hydrogens (tertiary/aromatic N) is 2. The summed E-state index contributed by atoms with van der Waals surface area (Å²) in [5, 5.41) is 23.2. The van der Waals surface area contributed by atoms with Crippen LogP contribution < -0.4 is 5.32 Å². The van der Waals surface area contributed by atoms with Gasteiger partial charge in [-0.2, -0.15) is 0 Å². The molecule has 1 aromatic carbocycles. The van der Waals surface area contributed by atoms with E-state index in [-0.39, 0.29) is 12.5 Å². The lowest BCUT2D eigenvalue weighted by Gasteiger charge is -2.25. The number of nitrogens with one attached hydrogen (secondary N) is 1. The van der Waals surface area contributed by atoms with Crippen LogP contribution in [0, 0.1) is 0 Å². The van der Waals surface area contributed by atoms with Gasteiger partial charge in [0.2, 0.25) is 0 Å². The summed E-state index contributed by atoms with van der Waals surface area (Å²) in [5.41, 5.74) is 2.77. The zero-order valence-electron chi connectivity index (χ0n) is 13.3. The molecule has 1 amide bonds. The molecule has 1 aromatic heterocycles. The molecule has 0 radical (unpaired) electrons. The third-order valence-electron chi connectivity index (χ3n) is 4.38. The number of aliphatic hydroxyl groups excluding tert-OH is 2. The van der Waals surface area contributed by atoms with Crippen molar-refractivity contribution in [2.24, 2.45) is 0 Å². The fraction of sp³-hybridized carbons (Fsp3) is 0.471. The molecule has 3 N–H and O–H groups in total. The molecular formula is C17H23N3O3. The maximum absolute atomic E-state index is 12.6. The largest absolute Gasteiger partial charge is 0.395 e. The van der Waals surface area contributed by atoms with Crippen molar-refractivity contribution >= 4 is 16.8 Å². The van der Waals surface area contributed by atoms with Crippen LogP contribution in [0.1, 0.15) is 16.1 Å². The predicted octanol–water partition coefficient (Wildman–Crippen LogP) is 0.212. The van der Waals surface area contributed by atoms with Gasteiger partial charge in [-0.15, -0.1) is 0 Å². The number of para-hydroxylation sites is 1. The van der Waals surface area contributed by atoms with Gasteiger partial charge in [0.25, 0.3) is 5.91 Å². The molecule has 0 bridgehead atoms. The lowest BCUT2D eigenvalue weighted by Crippen LogP contribution is -2.37. The number of hydrogen-bond acceptors (Lipinski definition) is 4. The molecule has 0 aliphatic carbocycles. The van der Waals surface area contributed by atoms with Crippen molar-refractivity contribution in [3.63, 3.8) is 0 Å². The van der Waals surface area contributed by atoms with Crippen molar-refractivity contribution < 1.29 is 15.0 Å². The molecule has 0 unspecified atom stereocenters. The van der Waals surface area contributed by atoms with E-state index >= 15 is 0 Å². The number of amides is 1. The fourth-order valence-electron chi connectivity index (χ4n) is 3.25. The number of rotatable bonds is 6. The second-order valence-corrected chi connectivity index (χ2v) is 6.01. The Labute approximate surface area is 135 Å². The molecular weight excluding hydrogens is 294 g/mol. The molecule has 6 nitrogen and oxygen atoms in total. The minimum Gasteiger partial charge on any atom is -0.395 e. The first kappa shape index (κ1) is 16.0. The van der Waals surface area contributed by atoms with Crippen LogP contribution in [0.3, 0.4) is 0 Å². The highest BCUT2D eigenvalue weighted by Gasteiger charge is 2.29. The van der Waals surface area contributed by atoms with E-state index in [1.807, 2.05) is 35.9 Å². The number of fused-ring (bicyclic) bond motifs is 3. The van der Waals surface area contributed by atoms with E-state index in [1.165, 1.54) is 0 Å². The summed E-state index contributed by atoms with van der Waals surface area (Å²) in [4.78, 5) is 14.4. The second kappa shape index (κ2) is 6.70. The van der Waals surface area contributed by atoms with Gasteiger partial charge in [-0.3, -0.25) is 4.79 Å². The Morgan fingerprint density at radius 1 is 1.35 bits per heavy atom. The Balaban J connectivity index is 1.97. The molecule has 0 saturated carbocycles. The van der Waals surface area contributed by atoms with Crippen LogP contribution in [-0.4, -0.2) is 65.0 Å². The number of carbonyl (C=O) groups excluding carboxylic acids is 1. The van der Waals surface area contributed by atoms with Gasteiger partial charge in [0.15, 0.2) is 0 Å². The van der Waals surface area contributed by atoms with Gasteiger partial charge in [0.1, 0.15) is 5.69 Å². The maximum atomic E-state index is 12.6. The minimum atomic E-state index is -0.624. The van der Waals surface area contributed by atoms with E-state index in [0.717, 1.165) is 29.4 Å². The van der Waals surface area contributed by atoms with Crippen LogP contribution >= 0.6 is 0 Å². The van der Waals surface area contributed by atoms with Crippen LogP contribution in [0.15, 0.2) is 24.3 Å². The standard InChI is InChI=1S/C17H23N3O3/c1-19-8-6-14-13-4-2-3-5-15(13)20(16(14)17(19)23)11-12(22)10-18-7-9-21/h2-5,12,18,21-22H,6-11H2,1H3/t12-/m1/s1. The molecule has 2 aromatic rings. The first-order chi connectivity index (χ1) is 11.1. The monoisotopic (exact) mass is 317 g/mol. The first-order valence-corrected chi connectivity index (χ1v) is 7.98. The number of aromatic nitrogens is 1. The molecule has 1 aliphatic rings. The van der Waals surface area contributed by atoms with E-state index in [0.29, 0.717) is 25.3 Å². The molecule has 0 spiro atoms. The number of benzene rings is 1. The van der Waals surface area contributed by atoms with Crippen molar-refractivity contribution in [3.05, 3.63) is 35.5 Å². The summed E-state index contributed by atoms with van der Waals surface area (Å²) >= 11 is 0. The van der Waals surface area contributed by atoms with Crippen LogP contribution in [-0.2, 0) is 13.0 Å². The van der Waals surface area contributed by atoms with E-state index in [1.54, 1.807) is 4.90 Å². The van der Waals surface area contributed by atoms with Gasteiger partial charge < -0.3 is 25.0 Å². The van der Waals surface area contributed by atoms with E-state index in [4.69, 9.17) is 5.11 Å². The van der Waals surface area contributed by atoms with E-state index in [2.05, 4.69) is 5.32 Å². The SMILES string of the molecule is CN1CCc2c(n(C[C@H](O)CNCCO)c3ccccc23)C1=O. The van der Waals surface area contributed by atoms with Crippen LogP contribution in [0.2, 0.25) is 0 Å². The zero-order chi connectivity index (χ0) is 16.4. The highest BCUT2D eigenvalue weighted by molar-refractivity contribution is 6.02. The molecule has 0 fully saturated rings. The Hall–Kier alpha value is -1.89. The van der Waals surface area contributed by atoms with Gasteiger partial charge in [0.05, 0.1) is 19.3 Å². The van der Waals surface area contributed by atoms with Crippen LogP contribution in [0.5, 0.6) is 0 Å². The average molecular weight is 317 g/mol. The highest BCUT2D eigenvalue weighted by atomic mass is 16.3. The number of hydrogen-bond donors (Lipinski definition) is 3. The number of carbonyl (C=O) groups is 1. The highest BCUT2D eigenvalue weighted by Crippen LogP contribution is 2.30. The van der Waals surface area contributed by atoms with Gasteiger partial charge in [-0.1, -0.05) is 18.2 Å². The summed E-state index contributed by atoms with van der Waals surface area (Å²) < 4.78 is 1.94. The average Bonchev–Trinajstić information content (AvgIpc) is 2.86. The maximum Gasteiger partial charge on any atom is 0.270 e. The first-order valence-electron chi connectivity index (χ1n) is 7.98. The van der Waals surface area contributed by atoms with Crippen molar-refractivity contribution in [2.75, 3.05) is 33.3 Å². The summed E-state index contributed by atoms with van der Waals surface area (Å²) in [6, 6.07) is 7.97. The predicted molar refractivity (Wildman–Crippen MR) is 88.6 cm³/mol. The number of likely N-dealkylation sites (N-methyl/N-ethyl adjacent to an activating group) is 1. The Morgan fingerprint density at radius 2 is 2.13 bits per heavy atom. The molecule has 124 valence electrons. The smallest absolute Gasteiger partial charge is 0.270 e. The minimum absolute atomic E-state index is 0.0120. The van der Waals surface area contributed by atoms with Crippen molar-refractivity contribution in [3.8, 4) is 0 Å². The molecule has 0 saturated heterocycles. The van der Waals surface area contributed by atoms with Gasteiger partial charge in [-0.25, -0.2) is 0 Å². The topological polar surface area (TPSA) is 77.7 Å². The van der Waals surface area contributed by atoms with Crippen molar-refractivity contribution in [1.82, 2.24) is 14.8 Å². The van der Waals surface area contributed by atoms with Crippen molar-refractivity contribution in [1.29, 1.82) is 0 Å². The third kappa shape index (κ3) is 2.97. The second-order valence-electron chi connectivity index (χ2n) is 6.01. The van der Waals surface area contributed by atoms with E-state index in [9.17, 15) is 9.90 Å². The van der Waals surface area contributed by atoms with Crippen LogP contribution in [0.4, 0.5) is 0 Å². The molecule has 2 heterocycles. The van der Waals surface area contributed by atoms with Crippen LogP contribution in [0.25, 0.3) is 10.9 Å². The lowest BCUT2D eigenvalue weighted by atomic mass is 10.0. The normalized spacial score (nSPS) is 16.0. The molecule has 1 aliphatic heterocycles. The quantitative estimate of drug-likeness (QED) is 0.666. The fourth-order valence-corrected chi connectivity index (χ4v) is 3.25. The Kier molecular flexibility index (Phi) is 4.66. The molecule has 6 heteroatoms. The van der Waals surface area contributed by atoms with Gasteiger partial charge >= 0.3 is 0 Å². The Morgan fingerprint density at radius 3 is 2.91 bits per heavy atom. The summed E-state index contributed by atoms with van der Waals surface area (Å²) in [5.74, 6) is 0.0120. The lowest BCUT2D eigenvalue weighted by molar-refractivity contribution is 0.0764. The zero-order valence-corrected chi connectivity index (χ0v) is 13.3. The number of aliphatic hydroxyl groups is 2. The summed E-state index contributed by atoms with van der Waals surface area (Å²) in [6.07, 6.45) is 0.214. The van der Waals surface area contributed by atoms with Gasteiger partial charge in [-0.05, 0) is 18.1 Å². The molecule has 1 atom stereocenters. The molecule has 23 heavy (non-hydrogen) atoms. The Bertz CT molecular complexity index is 710. The van der Waals surface area contributed by atoms with Gasteiger partial charge in [0, 0.05) is 37.6 Å².